The zero-order valence-corrected chi connectivity index (χ0v) is 11.4. The molecule has 3 heteroatoms. The summed E-state index contributed by atoms with van der Waals surface area (Å²) in [6, 6.07) is 9.64. The molecule has 0 bridgehead atoms. The molecule has 1 fully saturated rings. The van der Waals surface area contributed by atoms with Crippen LogP contribution < -0.4 is 10.6 Å². The average Bonchev–Trinajstić information content (AvgIpc) is 3.18. The maximum absolute atomic E-state index is 3.53. The van der Waals surface area contributed by atoms with Gasteiger partial charge < -0.3 is 10.6 Å². The molecule has 1 aliphatic carbocycles. The van der Waals surface area contributed by atoms with Crippen molar-refractivity contribution < 1.29 is 0 Å². The Balaban J connectivity index is 1.53. The highest BCUT2D eigenvalue weighted by Gasteiger charge is 2.19. The van der Waals surface area contributed by atoms with E-state index in [-0.39, 0.29) is 0 Å². The van der Waals surface area contributed by atoms with Gasteiger partial charge in [0.2, 0.25) is 0 Å². The molecular weight excluding hydrogens is 228 g/mol. The van der Waals surface area contributed by atoms with Gasteiger partial charge in [0.1, 0.15) is 0 Å². The number of hydrogen-bond donors (Lipinski definition) is 2. The molecule has 1 aromatic rings. The maximum atomic E-state index is 3.53. The van der Waals surface area contributed by atoms with E-state index in [0.29, 0.717) is 0 Å². The number of benzene rings is 1. The first-order valence-electron chi connectivity index (χ1n) is 6.45. The zero-order valence-electron chi connectivity index (χ0n) is 10.5. The molecule has 0 atom stereocenters. The maximum Gasteiger partial charge on any atom is 0.0205 e. The Hall–Kier alpha value is -0.510. The molecule has 1 saturated carbocycles. The van der Waals surface area contributed by atoms with Crippen LogP contribution in [0.1, 0.15) is 24.8 Å². The van der Waals surface area contributed by atoms with E-state index in [1.165, 1.54) is 29.7 Å². The molecule has 2 nitrogen and oxygen atoms in total. The van der Waals surface area contributed by atoms with E-state index < -0.39 is 0 Å². The van der Waals surface area contributed by atoms with E-state index in [1.54, 1.807) is 11.8 Å². The van der Waals surface area contributed by atoms with Gasteiger partial charge in [0, 0.05) is 17.5 Å². The van der Waals surface area contributed by atoms with Crippen LogP contribution in [0.3, 0.4) is 0 Å². The fourth-order valence-electron chi connectivity index (χ4n) is 1.78. The summed E-state index contributed by atoms with van der Waals surface area (Å²) in [4.78, 5) is 1.34. The highest BCUT2D eigenvalue weighted by atomic mass is 32.2. The summed E-state index contributed by atoms with van der Waals surface area (Å²) in [5, 5.41) is 7.01. The minimum Gasteiger partial charge on any atom is -0.314 e. The van der Waals surface area contributed by atoms with Crippen LogP contribution in [0.15, 0.2) is 29.2 Å². The van der Waals surface area contributed by atoms with Crippen molar-refractivity contribution in [2.75, 3.05) is 19.3 Å². The molecule has 2 rings (SSSR count). The molecule has 1 aliphatic rings. The van der Waals surface area contributed by atoms with Crippen LogP contribution in [0, 0.1) is 0 Å². The first-order valence-corrected chi connectivity index (χ1v) is 7.68. The van der Waals surface area contributed by atoms with Crippen molar-refractivity contribution in [2.24, 2.45) is 0 Å². The molecule has 0 aliphatic heterocycles. The molecule has 0 radical (unpaired) electrons. The second-order valence-corrected chi connectivity index (χ2v) is 5.49. The van der Waals surface area contributed by atoms with Crippen LogP contribution in [0.25, 0.3) is 0 Å². The van der Waals surface area contributed by atoms with Gasteiger partial charge in [0.15, 0.2) is 0 Å². The van der Waals surface area contributed by atoms with Crippen molar-refractivity contribution in [3.8, 4) is 0 Å². The molecule has 0 heterocycles. The van der Waals surface area contributed by atoms with Gasteiger partial charge in [0.05, 0.1) is 0 Å². The summed E-state index contributed by atoms with van der Waals surface area (Å²) in [6.45, 7) is 3.24. The van der Waals surface area contributed by atoms with E-state index in [2.05, 4.69) is 41.2 Å². The lowest BCUT2D eigenvalue weighted by Gasteiger charge is -2.06. The Morgan fingerprint density at radius 3 is 2.59 bits per heavy atom. The largest absolute Gasteiger partial charge is 0.314 e. The van der Waals surface area contributed by atoms with Gasteiger partial charge in [-0.25, -0.2) is 0 Å². The smallest absolute Gasteiger partial charge is 0.0205 e. The predicted octanol–water partition coefficient (Wildman–Crippen LogP) is 2.64. The van der Waals surface area contributed by atoms with E-state index in [1.807, 2.05) is 0 Å². The van der Waals surface area contributed by atoms with Gasteiger partial charge in [-0.1, -0.05) is 12.1 Å². The highest BCUT2D eigenvalue weighted by Crippen LogP contribution is 2.18. The molecule has 1 aromatic carbocycles. The van der Waals surface area contributed by atoms with Gasteiger partial charge in [-0.3, -0.25) is 0 Å². The second kappa shape index (κ2) is 7.04. The zero-order chi connectivity index (χ0) is 11.9. The highest BCUT2D eigenvalue weighted by molar-refractivity contribution is 7.98. The van der Waals surface area contributed by atoms with Crippen molar-refractivity contribution in [2.45, 2.75) is 36.7 Å². The molecule has 0 amide bonds. The third-order valence-electron chi connectivity index (χ3n) is 3.03. The van der Waals surface area contributed by atoms with Gasteiger partial charge in [-0.15, -0.1) is 11.8 Å². The fourth-order valence-corrected chi connectivity index (χ4v) is 2.19. The van der Waals surface area contributed by atoms with Gasteiger partial charge in [-0.2, -0.15) is 0 Å². The Kier molecular flexibility index (Phi) is 5.36. The third kappa shape index (κ3) is 5.11. The van der Waals surface area contributed by atoms with E-state index in [4.69, 9.17) is 0 Å². The predicted molar refractivity (Wildman–Crippen MR) is 75.6 cm³/mol. The lowest BCUT2D eigenvalue weighted by molar-refractivity contribution is 0.593. The third-order valence-corrected chi connectivity index (χ3v) is 3.77. The summed E-state index contributed by atoms with van der Waals surface area (Å²) >= 11 is 1.79. The normalized spacial score (nSPS) is 15.1. The molecule has 0 spiro atoms. The average molecular weight is 250 g/mol. The van der Waals surface area contributed by atoms with E-state index >= 15 is 0 Å². The molecule has 0 aromatic heterocycles. The van der Waals surface area contributed by atoms with Crippen molar-refractivity contribution in [1.82, 2.24) is 10.6 Å². The van der Waals surface area contributed by atoms with Crippen LogP contribution in [0.2, 0.25) is 0 Å². The Bertz CT molecular complexity index is 319. The van der Waals surface area contributed by atoms with Crippen LogP contribution >= 0.6 is 11.8 Å². The van der Waals surface area contributed by atoms with Crippen LogP contribution in [0.5, 0.6) is 0 Å². The number of hydrogen-bond acceptors (Lipinski definition) is 3. The summed E-state index contributed by atoms with van der Waals surface area (Å²) in [7, 11) is 0. The van der Waals surface area contributed by atoms with Gasteiger partial charge >= 0.3 is 0 Å². The van der Waals surface area contributed by atoms with E-state index in [0.717, 1.165) is 25.7 Å². The summed E-state index contributed by atoms with van der Waals surface area (Å²) in [6.07, 6.45) is 6.10. The van der Waals surface area contributed by atoms with Crippen LogP contribution in [-0.4, -0.2) is 25.4 Å². The lowest BCUT2D eigenvalue weighted by Crippen LogP contribution is -2.23. The van der Waals surface area contributed by atoms with Crippen molar-refractivity contribution in [1.29, 1.82) is 0 Å². The number of nitrogens with one attached hydrogen (secondary N) is 2. The van der Waals surface area contributed by atoms with Crippen LogP contribution in [0.4, 0.5) is 0 Å². The van der Waals surface area contributed by atoms with Crippen molar-refractivity contribution >= 4 is 11.8 Å². The Morgan fingerprint density at radius 2 is 1.94 bits per heavy atom. The monoisotopic (exact) mass is 250 g/mol. The van der Waals surface area contributed by atoms with Crippen molar-refractivity contribution in [3.05, 3.63) is 29.8 Å². The molecule has 0 saturated heterocycles. The quantitative estimate of drug-likeness (QED) is 0.548. The topological polar surface area (TPSA) is 24.1 Å². The number of thioether (sulfide) groups is 1. The van der Waals surface area contributed by atoms with Crippen molar-refractivity contribution in [3.63, 3.8) is 0 Å². The summed E-state index contributed by atoms with van der Waals surface area (Å²) < 4.78 is 0. The number of rotatable bonds is 8. The van der Waals surface area contributed by atoms with E-state index in [9.17, 15) is 0 Å². The fraction of sp³-hybridized carbons (Fsp3) is 0.571. The minimum atomic E-state index is 0.842. The van der Waals surface area contributed by atoms with Gasteiger partial charge in [-0.05, 0) is 56.3 Å². The molecule has 2 N–H and O–H groups in total. The second-order valence-electron chi connectivity index (χ2n) is 4.61. The molecule has 0 unspecified atom stereocenters. The molecular formula is C14H22N2S. The summed E-state index contributed by atoms with van der Waals surface area (Å²) in [5.74, 6) is 0. The minimum absolute atomic E-state index is 0.842. The molecule has 94 valence electrons. The summed E-state index contributed by atoms with van der Waals surface area (Å²) in [5.41, 5.74) is 1.37. The lowest BCUT2D eigenvalue weighted by atomic mass is 10.2. The molecule has 17 heavy (non-hydrogen) atoms. The first-order chi connectivity index (χ1) is 8.38. The first kappa shape index (κ1) is 12.9. The Labute approximate surface area is 109 Å². The SMILES string of the molecule is CSc1ccc(CNCCCNC2CC2)cc1. The standard InChI is InChI=1S/C14H22N2S/c1-17-14-7-3-12(4-8-14)11-15-9-2-10-16-13-5-6-13/h3-4,7-8,13,15-16H,2,5-6,9-11H2,1H3. The Morgan fingerprint density at radius 1 is 1.18 bits per heavy atom. The van der Waals surface area contributed by atoms with Gasteiger partial charge in [0.25, 0.3) is 0 Å². The van der Waals surface area contributed by atoms with Crippen LogP contribution in [-0.2, 0) is 6.54 Å².